The molecule has 76 valence electrons. The highest BCUT2D eigenvalue weighted by Gasteiger charge is 2.27. The van der Waals surface area contributed by atoms with Crippen LogP contribution in [-0.2, 0) is 4.79 Å². The Morgan fingerprint density at radius 2 is 1.79 bits per heavy atom. The van der Waals surface area contributed by atoms with E-state index in [9.17, 15) is 13.6 Å². The van der Waals surface area contributed by atoms with Crippen LogP contribution in [0, 0.1) is 6.92 Å². The number of carbonyl (C=O) groups is 1. The standard InChI is InChI=1S/C10H11F2NO/c1-6-2-4-7(5-3-6)8(9(11)12)10(13)14/h2-5,8-9H,1H3,(H2,13,14)/t8-/m1/s1. The Balaban J connectivity index is 3.00. The first-order chi connectivity index (χ1) is 6.52. The summed E-state index contributed by atoms with van der Waals surface area (Å²) in [5.41, 5.74) is 6.10. The van der Waals surface area contributed by atoms with Gasteiger partial charge in [-0.15, -0.1) is 0 Å². The minimum Gasteiger partial charge on any atom is -0.369 e. The molecule has 0 aliphatic carbocycles. The van der Waals surface area contributed by atoms with Crippen molar-refractivity contribution < 1.29 is 13.6 Å². The van der Waals surface area contributed by atoms with E-state index in [2.05, 4.69) is 0 Å². The van der Waals surface area contributed by atoms with Gasteiger partial charge in [-0.05, 0) is 12.5 Å². The predicted octanol–water partition coefficient (Wildman–Crippen LogP) is 1.83. The fourth-order valence-corrected chi connectivity index (χ4v) is 1.21. The van der Waals surface area contributed by atoms with Gasteiger partial charge in [-0.2, -0.15) is 0 Å². The molecule has 0 saturated heterocycles. The van der Waals surface area contributed by atoms with Gasteiger partial charge < -0.3 is 5.73 Å². The summed E-state index contributed by atoms with van der Waals surface area (Å²) in [6, 6.07) is 6.34. The van der Waals surface area contributed by atoms with Crippen LogP contribution in [0.2, 0.25) is 0 Å². The molecule has 1 amide bonds. The zero-order valence-corrected chi connectivity index (χ0v) is 7.71. The van der Waals surface area contributed by atoms with Gasteiger partial charge in [-0.3, -0.25) is 4.79 Å². The van der Waals surface area contributed by atoms with Crippen LogP contribution in [0.3, 0.4) is 0 Å². The quantitative estimate of drug-likeness (QED) is 0.792. The molecule has 1 rings (SSSR count). The number of halogens is 2. The van der Waals surface area contributed by atoms with Crippen LogP contribution in [0.1, 0.15) is 17.0 Å². The summed E-state index contributed by atoms with van der Waals surface area (Å²) in [5.74, 6) is -2.50. The number of benzene rings is 1. The van der Waals surface area contributed by atoms with E-state index in [0.717, 1.165) is 5.56 Å². The number of alkyl halides is 2. The lowest BCUT2D eigenvalue weighted by Crippen LogP contribution is -2.26. The molecule has 4 heteroatoms. The molecule has 0 aromatic heterocycles. The Kier molecular flexibility index (Phi) is 3.17. The monoisotopic (exact) mass is 199 g/mol. The van der Waals surface area contributed by atoms with Crippen LogP contribution in [-0.4, -0.2) is 12.3 Å². The number of amides is 1. The molecular weight excluding hydrogens is 188 g/mol. The van der Waals surface area contributed by atoms with Crippen molar-refractivity contribution in [2.75, 3.05) is 0 Å². The van der Waals surface area contributed by atoms with Crippen molar-refractivity contribution in [3.63, 3.8) is 0 Å². The molecule has 0 saturated carbocycles. The third-order valence-corrected chi connectivity index (χ3v) is 1.99. The fourth-order valence-electron chi connectivity index (χ4n) is 1.21. The molecule has 1 aromatic carbocycles. The van der Waals surface area contributed by atoms with Crippen molar-refractivity contribution in [3.05, 3.63) is 35.4 Å². The van der Waals surface area contributed by atoms with Crippen LogP contribution in [0.5, 0.6) is 0 Å². The van der Waals surface area contributed by atoms with E-state index in [1.807, 2.05) is 6.92 Å². The van der Waals surface area contributed by atoms with Gasteiger partial charge in [-0.25, -0.2) is 8.78 Å². The molecule has 14 heavy (non-hydrogen) atoms. The first-order valence-corrected chi connectivity index (χ1v) is 4.16. The number of carbonyl (C=O) groups excluding carboxylic acids is 1. The fraction of sp³-hybridized carbons (Fsp3) is 0.300. The van der Waals surface area contributed by atoms with Crippen molar-refractivity contribution in [3.8, 4) is 0 Å². The second-order valence-corrected chi connectivity index (χ2v) is 3.13. The topological polar surface area (TPSA) is 43.1 Å². The number of aryl methyl sites for hydroxylation is 1. The largest absolute Gasteiger partial charge is 0.369 e. The lowest BCUT2D eigenvalue weighted by molar-refractivity contribution is -0.122. The van der Waals surface area contributed by atoms with E-state index >= 15 is 0 Å². The zero-order chi connectivity index (χ0) is 10.7. The highest BCUT2D eigenvalue weighted by Crippen LogP contribution is 2.23. The van der Waals surface area contributed by atoms with E-state index in [4.69, 9.17) is 5.73 Å². The summed E-state index contributed by atoms with van der Waals surface area (Å²) in [5, 5.41) is 0. The van der Waals surface area contributed by atoms with E-state index in [-0.39, 0.29) is 5.56 Å². The lowest BCUT2D eigenvalue weighted by atomic mass is 9.98. The van der Waals surface area contributed by atoms with Gasteiger partial charge in [0.05, 0.1) is 0 Å². The molecule has 0 bridgehead atoms. The smallest absolute Gasteiger partial charge is 0.254 e. The van der Waals surface area contributed by atoms with Crippen LogP contribution in [0.4, 0.5) is 8.78 Å². The lowest BCUT2D eigenvalue weighted by Gasteiger charge is -2.12. The van der Waals surface area contributed by atoms with Crippen LogP contribution in [0.15, 0.2) is 24.3 Å². The summed E-state index contributed by atoms with van der Waals surface area (Å²) in [7, 11) is 0. The van der Waals surface area contributed by atoms with Gasteiger partial charge >= 0.3 is 0 Å². The molecule has 0 radical (unpaired) electrons. The summed E-state index contributed by atoms with van der Waals surface area (Å²) in [4.78, 5) is 10.8. The van der Waals surface area contributed by atoms with Crippen LogP contribution < -0.4 is 5.73 Å². The number of rotatable bonds is 3. The molecule has 0 spiro atoms. The molecule has 0 unspecified atom stereocenters. The number of hydrogen-bond acceptors (Lipinski definition) is 1. The van der Waals surface area contributed by atoms with E-state index in [1.165, 1.54) is 12.1 Å². The van der Waals surface area contributed by atoms with Gasteiger partial charge in [0.15, 0.2) is 0 Å². The molecule has 0 aliphatic heterocycles. The van der Waals surface area contributed by atoms with Crippen LogP contribution in [0.25, 0.3) is 0 Å². The summed E-state index contributed by atoms with van der Waals surface area (Å²) >= 11 is 0. The molecule has 2 N–H and O–H groups in total. The number of hydrogen-bond donors (Lipinski definition) is 1. The van der Waals surface area contributed by atoms with Gasteiger partial charge in [0.1, 0.15) is 5.92 Å². The predicted molar refractivity (Wildman–Crippen MR) is 49.1 cm³/mol. The number of primary amides is 1. The summed E-state index contributed by atoms with van der Waals surface area (Å²) in [6.07, 6.45) is -2.75. The normalized spacial score (nSPS) is 12.9. The van der Waals surface area contributed by atoms with Gasteiger partial charge in [0, 0.05) is 0 Å². The molecular formula is C10H11F2NO. The highest BCUT2D eigenvalue weighted by molar-refractivity contribution is 5.82. The zero-order valence-electron chi connectivity index (χ0n) is 7.71. The molecule has 0 fully saturated rings. The Morgan fingerprint density at radius 1 is 1.29 bits per heavy atom. The van der Waals surface area contributed by atoms with Crippen molar-refractivity contribution in [1.82, 2.24) is 0 Å². The number of nitrogens with two attached hydrogens (primary N) is 1. The maximum absolute atomic E-state index is 12.4. The molecule has 2 nitrogen and oxygen atoms in total. The Hall–Kier alpha value is -1.45. The van der Waals surface area contributed by atoms with Gasteiger partial charge in [0.2, 0.25) is 5.91 Å². The third-order valence-electron chi connectivity index (χ3n) is 1.99. The van der Waals surface area contributed by atoms with E-state index in [1.54, 1.807) is 12.1 Å². The summed E-state index contributed by atoms with van der Waals surface area (Å²) < 4.78 is 24.9. The van der Waals surface area contributed by atoms with Crippen molar-refractivity contribution >= 4 is 5.91 Å². The Bertz CT molecular complexity index is 321. The Morgan fingerprint density at radius 3 is 2.14 bits per heavy atom. The SMILES string of the molecule is Cc1ccc([C@@H](C(N)=O)C(F)F)cc1. The molecule has 0 aliphatic rings. The molecule has 0 heterocycles. The average molecular weight is 199 g/mol. The Labute approximate surface area is 80.7 Å². The van der Waals surface area contributed by atoms with Crippen molar-refractivity contribution in [1.29, 1.82) is 0 Å². The second kappa shape index (κ2) is 4.17. The first kappa shape index (κ1) is 10.6. The summed E-state index contributed by atoms with van der Waals surface area (Å²) in [6.45, 7) is 1.84. The van der Waals surface area contributed by atoms with E-state index < -0.39 is 18.3 Å². The van der Waals surface area contributed by atoms with Gasteiger partial charge in [-0.1, -0.05) is 29.8 Å². The van der Waals surface area contributed by atoms with Crippen LogP contribution >= 0.6 is 0 Å². The maximum Gasteiger partial charge on any atom is 0.254 e. The average Bonchev–Trinajstić information content (AvgIpc) is 2.07. The van der Waals surface area contributed by atoms with Gasteiger partial charge in [0.25, 0.3) is 6.43 Å². The first-order valence-electron chi connectivity index (χ1n) is 4.16. The van der Waals surface area contributed by atoms with Crippen molar-refractivity contribution in [2.24, 2.45) is 5.73 Å². The molecule has 1 atom stereocenters. The molecule has 1 aromatic rings. The maximum atomic E-state index is 12.4. The third kappa shape index (κ3) is 2.28. The second-order valence-electron chi connectivity index (χ2n) is 3.13. The highest BCUT2D eigenvalue weighted by atomic mass is 19.3. The minimum absolute atomic E-state index is 0.262. The van der Waals surface area contributed by atoms with E-state index in [0.29, 0.717) is 0 Å². The minimum atomic E-state index is -2.75. The van der Waals surface area contributed by atoms with Crippen molar-refractivity contribution in [2.45, 2.75) is 19.3 Å².